The number of carboxylic acids is 1. The smallest absolute Gasteiger partial charge is 0.307 e. The van der Waals surface area contributed by atoms with Gasteiger partial charge in [0.1, 0.15) is 0 Å². The van der Waals surface area contributed by atoms with Crippen molar-refractivity contribution in [3.8, 4) is 0 Å². The SMILES string of the molecule is C=C(O)C1C2CC(C)C(C2)C1C([CH2-])=O.C=C(O)C1C2CC(CC2C)C1C(=O)O.[Y]. The Morgan fingerprint density at radius 2 is 1.17 bits per heavy atom. The molecule has 4 saturated carbocycles. The largest absolute Gasteiger partial charge is 0.513 e. The van der Waals surface area contributed by atoms with Gasteiger partial charge in [0.2, 0.25) is 0 Å². The molecule has 0 spiro atoms. The number of aliphatic carboxylic acids is 1. The van der Waals surface area contributed by atoms with Crippen LogP contribution in [0.4, 0.5) is 0 Å². The van der Waals surface area contributed by atoms with Crippen molar-refractivity contribution in [3.05, 3.63) is 31.6 Å². The molecule has 29 heavy (non-hydrogen) atoms. The number of carbonyl (C=O) groups is 2. The van der Waals surface area contributed by atoms with E-state index < -0.39 is 11.9 Å². The molecule has 10 atom stereocenters. The van der Waals surface area contributed by atoms with Crippen LogP contribution in [0.5, 0.6) is 0 Å². The number of rotatable bonds is 4. The van der Waals surface area contributed by atoms with Gasteiger partial charge in [-0.3, -0.25) is 4.79 Å². The summed E-state index contributed by atoms with van der Waals surface area (Å²) in [4.78, 5) is 22.5. The molecule has 1 radical (unpaired) electrons. The molecule has 4 aliphatic carbocycles. The second kappa shape index (κ2) is 9.14. The second-order valence-electron chi connectivity index (χ2n) is 9.64. The van der Waals surface area contributed by atoms with Gasteiger partial charge in [0.15, 0.2) is 0 Å². The van der Waals surface area contributed by atoms with Crippen LogP contribution in [0.25, 0.3) is 0 Å². The van der Waals surface area contributed by atoms with Crippen molar-refractivity contribution in [2.24, 2.45) is 59.2 Å². The summed E-state index contributed by atoms with van der Waals surface area (Å²) in [6, 6.07) is 0. The summed E-state index contributed by atoms with van der Waals surface area (Å²) in [5, 5.41) is 28.0. The number of fused-ring (bicyclic) bond motifs is 4. The van der Waals surface area contributed by atoms with E-state index in [4.69, 9.17) is 5.11 Å². The minimum atomic E-state index is -0.774. The van der Waals surface area contributed by atoms with E-state index in [1.54, 1.807) is 0 Å². The minimum Gasteiger partial charge on any atom is -0.513 e. The maximum atomic E-state index is 11.4. The number of hydrogen-bond donors (Lipinski definition) is 3. The molecule has 10 unspecified atom stereocenters. The molecular formula is C23H33O5Y-. The van der Waals surface area contributed by atoms with Crippen LogP contribution in [0, 0.1) is 66.1 Å². The Bertz CT molecular complexity index is 631. The van der Waals surface area contributed by atoms with Gasteiger partial charge in [0.05, 0.1) is 17.4 Å². The van der Waals surface area contributed by atoms with Crippen LogP contribution in [-0.2, 0) is 42.3 Å². The number of allylic oxidation sites excluding steroid dienone is 2. The molecule has 0 aliphatic heterocycles. The Balaban J connectivity index is 0.000000200. The first-order valence-corrected chi connectivity index (χ1v) is 10.4. The first-order valence-electron chi connectivity index (χ1n) is 10.4. The van der Waals surface area contributed by atoms with Gasteiger partial charge in [-0.2, -0.15) is 0 Å². The van der Waals surface area contributed by atoms with Gasteiger partial charge in [-0.1, -0.05) is 27.0 Å². The molecule has 0 saturated heterocycles. The molecule has 4 bridgehead atoms. The molecule has 4 fully saturated rings. The number of ketones is 1. The summed E-state index contributed by atoms with van der Waals surface area (Å²) in [6.07, 6.45) is 4.13. The molecule has 4 aliphatic rings. The predicted molar refractivity (Wildman–Crippen MR) is 106 cm³/mol. The quantitative estimate of drug-likeness (QED) is 0.411. The van der Waals surface area contributed by atoms with Gasteiger partial charge in [0, 0.05) is 56.2 Å². The molecule has 0 aromatic rings. The Hall–Kier alpha value is -0.806. The van der Waals surface area contributed by atoms with E-state index in [2.05, 4.69) is 33.9 Å². The molecule has 6 heteroatoms. The summed E-state index contributed by atoms with van der Waals surface area (Å²) >= 11 is 0. The van der Waals surface area contributed by atoms with Crippen molar-refractivity contribution in [1.82, 2.24) is 0 Å². The fraction of sp³-hybridized carbons (Fsp3) is 0.696. The average Bonchev–Trinajstić information content (AvgIpc) is 3.30. The molecule has 0 aromatic carbocycles. The fourth-order valence-corrected chi connectivity index (χ4v) is 7.10. The van der Waals surface area contributed by atoms with Gasteiger partial charge >= 0.3 is 5.97 Å². The van der Waals surface area contributed by atoms with Crippen molar-refractivity contribution >= 4 is 11.8 Å². The maximum Gasteiger partial charge on any atom is 0.307 e. The fourth-order valence-electron chi connectivity index (χ4n) is 7.10. The first kappa shape index (κ1) is 24.5. The third kappa shape index (κ3) is 4.32. The first-order chi connectivity index (χ1) is 13.0. The number of hydrogen-bond acceptors (Lipinski definition) is 4. The van der Waals surface area contributed by atoms with Gasteiger partial charge in [-0.15, -0.1) is 0 Å². The average molecular weight is 478 g/mol. The zero-order valence-electron chi connectivity index (χ0n) is 17.5. The van der Waals surface area contributed by atoms with Gasteiger partial charge in [-0.05, 0) is 61.2 Å². The molecular weight excluding hydrogens is 445 g/mol. The van der Waals surface area contributed by atoms with Crippen molar-refractivity contribution in [3.63, 3.8) is 0 Å². The topological polar surface area (TPSA) is 94.8 Å². The number of carbonyl (C=O) groups excluding carboxylic acids is 1. The van der Waals surface area contributed by atoms with Crippen LogP contribution in [0.3, 0.4) is 0 Å². The van der Waals surface area contributed by atoms with Crippen LogP contribution in [0.1, 0.15) is 39.5 Å². The molecule has 0 amide bonds. The molecule has 159 valence electrons. The molecule has 0 heterocycles. The zero-order valence-corrected chi connectivity index (χ0v) is 20.3. The van der Waals surface area contributed by atoms with Crippen LogP contribution < -0.4 is 0 Å². The number of aliphatic hydroxyl groups is 2. The summed E-state index contributed by atoms with van der Waals surface area (Å²) in [5.41, 5.74) is 0. The summed E-state index contributed by atoms with van der Waals surface area (Å²) in [7, 11) is 0. The van der Waals surface area contributed by atoms with E-state index in [-0.39, 0.29) is 73.7 Å². The van der Waals surface area contributed by atoms with Crippen molar-refractivity contribution in [1.29, 1.82) is 0 Å². The number of Topliss-reactive ketones (excluding diaryl/α,β-unsaturated/α-hetero) is 1. The van der Waals surface area contributed by atoms with E-state index in [1.165, 1.54) is 0 Å². The van der Waals surface area contributed by atoms with E-state index in [0.717, 1.165) is 25.7 Å². The molecule has 0 aromatic heterocycles. The summed E-state index contributed by atoms with van der Waals surface area (Å²) in [5.74, 6) is 1.38. The standard InChI is InChI=1S/C12H17O2.C11H16O3.Y/c1-6-4-9-5-10(6)12(8(3)14)11(9)7(2)13;1-5-3-7-4-8(5)9(6(2)12)10(7)11(13)14;/h6,9-13H,2-5H2,1H3;5,7-10,12H,2-4H2,1H3,(H,13,14);/q-1;;. The van der Waals surface area contributed by atoms with Crippen LogP contribution in [0.2, 0.25) is 0 Å². The van der Waals surface area contributed by atoms with Gasteiger partial charge in [-0.25, -0.2) is 0 Å². The van der Waals surface area contributed by atoms with E-state index in [0.29, 0.717) is 29.6 Å². The minimum absolute atomic E-state index is 0. The zero-order chi connectivity index (χ0) is 20.9. The van der Waals surface area contributed by atoms with E-state index >= 15 is 0 Å². The number of carboxylic acid groups (broad SMARTS) is 1. The van der Waals surface area contributed by atoms with Crippen molar-refractivity contribution < 1.29 is 57.6 Å². The van der Waals surface area contributed by atoms with Gasteiger partial charge in [0.25, 0.3) is 0 Å². The third-order valence-electron chi connectivity index (χ3n) is 8.10. The Kier molecular flexibility index (Phi) is 7.71. The Morgan fingerprint density at radius 3 is 1.55 bits per heavy atom. The normalized spacial score (nSPS) is 43.8. The molecule has 4 rings (SSSR count). The summed E-state index contributed by atoms with van der Waals surface area (Å²) < 4.78 is 0. The number of aliphatic hydroxyl groups excluding tert-OH is 2. The van der Waals surface area contributed by atoms with Crippen LogP contribution >= 0.6 is 0 Å². The molecule has 3 N–H and O–H groups in total. The summed E-state index contributed by atoms with van der Waals surface area (Å²) in [6.45, 7) is 14.9. The monoisotopic (exact) mass is 478 g/mol. The predicted octanol–water partition coefficient (Wildman–Crippen LogP) is 4.42. The van der Waals surface area contributed by atoms with E-state index in [1.807, 2.05) is 0 Å². The second-order valence-corrected chi connectivity index (χ2v) is 9.64. The molecule has 5 nitrogen and oxygen atoms in total. The third-order valence-corrected chi connectivity index (χ3v) is 8.10. The maximum absolute atomic E-state index is 11.4. The van der Waals surface area contributed by atoms with Crippen LogP contribution in [-0.4, -0.2) is 27.1 Å². The van der Waals surface area contributed by atoms with Crippen LogP contribution in [0.15, 0.2) is 24.7 Å². The van der Waals surface area contributed by atoms with Gasteiger partial charge < -0.3 is 27.0 Å². The Labute approximate surface area is 198 Å². The Morgan fingerprint density at radius 1 is 0.759 bits per heavy atom. The van der Waals surface area contributed by atoms with E-state index in [9.17, 15) is 19.8 Å². The van der Waals surface area contributed by atoms with Crippen molar-refractivity contribution in [2.45, 2.75) is 39.5 Å². The van der Waals surface area contributed by atoms with Crippen molar-refractivity contribution in [2.75, 3.05) is 0 Å².